The maximum absolute atomic E-state index is 13.6. The third kappa shape index (κ3) is 5.54. The van der Waals surface area contributed by atoms with Crippen molar-refractivity contribution in [2.24, 2.45) is 0 Å². The molecule has 0 aliphatic carbocycles. The predicted molar refractivity (Wildman–Crippen MR) is 106 cm³/mol. The maximum Gasteiger partial charge on any atom is 0.321 e. The Hall–Kier alpha value is -3.42. The van der Waals surface area contributed by atoms with Gasteiger partial charge in [0.25, 0.3) is 5.89 Å². The number of anilines is 1. The number of ether oxygens (including phenoxy) is 1. The summed E-state index contributed by atoms with van der Waals surface area (Å²) in [7, 11) is 1.61. The number of para-hydroxylation sites is 1. The first-order valence-electron chi connectivity index (χ1n) is 9.20. The van der Waals surface area contributed by atoms with Crippen molar-refractivity contribution in [1.29, 1.82) is 0 Å². The van der Waals surface area contributed by atoms with E-state index >= 15 is 0 Å². The van der Waals surface area contributed by atoms with Crippen molar-refractivity contribution < 1.29 is 18.4 Å². The molecule has 0 spiro atoms. The number of carbonyl (C=O) groups excluding carboxylic acids is 1. The topological polar surface area (TPSA) is 80.5 Å². The van der Waals surface area contributed by atoms with E-state index in [9.17, 15) is 9.18 Å². The summed E-state index contributed by atoms with van der Waals surface area (Å²) in [6, 6.07) is 11.5. The van der Waals surface area contributed by atoms with Gasteiger partial charge in [-0.3, -0.25) is 0 Å². The van der Waals surface area contributed by atoms with Crippen molar-refractivity contribution >= 4 is 11.7 Å². The van der Waals surface area contributed by atoms with Crippen molar-refractivity contribution in [3.8, 4) is 5.75 Å². The maximum atomic E-state index is 13.6. The van der Waals surface area contributed by atoms with E-state index in [0.29, 0.717) is 24.7 Å². The van der Waals surface area contributed by atoms with Crippen LogP contribution < -0.4 is 10.1 Å². The van der Waals surface area contributed by atoms with E-state index in [0.717, 1.165) is 16.9 Å². The van der Waals surface area contributed by atoms with Crippen LogP contribution in [0, 0.1) is 19.7 Å². The summed E-state index contributed by atoms with van der Waals surface area (Å²) in [5.74, 6) is 1.11. The Morgan fingerprint density at radius 1 is 1.24 bits per heavy atom. The van der Waals surface area contributed by atoms with Crippen LogP contribution in [-0.4, -0.2) is 34.7 Å². The summed E-state index contributed by atoms with van der Waals surface area (Å²) in [4.78, 5) is 17.9. The van der Waals surface area contributed by atoms with Crippen molar-refractivity contribution in [2.45, 2.75) is 26.9 Å². The molecule has 2 aromatic carbocycles. The molecule has 0 fully saturated rings. The molecule has 3 rings (SSSR count). The van der Waals surface area contributed by atoms with Crippen molar-refractivity contribution in [2.75, 3.05) is 18.9 Å². The number of nitrogens with one attached hydrogen (secondary N) is 1. The number of hydrogen-bond acceptors (Lipinski definition) is 5. The van der Waals surface area contributed by atoms with Crippen LogP contribution in [0.5, 0.6) is 5.75 Å². The van der Waals surface area contributed by atoms with Crippen molar-refractivity contribution in [3.05, 3.63) is 71.1 Å². The van der Waals surface area contributed by atoms with Gasteiger partial charge in [0.05, 0.1) is 5.69 Å². The van der Waals surface area contributed by atoms with Gasteiger partial charge in [0, 0.05) is 20.0 Å². The summed E-state index contributed by atoms with van der Waals surface area (Å²) >= 11 is 0. The summed E-state index contributed by atoms with van der Waals surface area (Å²) in [5, 5.41) is 6.44. The monoisotopic (exact) mass is 398 g/mol. The highest BCUT2D eigenvalue weighted by molar-refractivity contribution is 5.89. The average Bonchev–Trinajstić information content (AvgIpc) is 3.15. The Bertz CT molecular complexity index is 990. The molecule has 29 heavy (non-hydrogen) atoms. The van der Waals surface area contributed by atoms with Gasteiger partial charge >= 0.3 is 6.03 Å². The standard InChI is InChI=1S/C21H23FN4O3/c1-14-8-9-18(15(2)12-14)28-13-20-24-19(25-29-20)10-11-26(3)21(27)23-17-7-5-4-6-16(17)22/h4-9,12H,10-11,13H2,1-3H3,(H,23,27). The minimum absolute atomic E-state index is 0.134. The van der Waals surface area contributed by atoms with Crippen LogP contribution in [0.2, 0.25) is 0 Å². The Morgan fingerprint density at radius 2 is 2.03 bits per heavy atom. The minimum atomic E-state index is -0.485. The van der Waals surface area contributed by atoms with E-state index in [2.05, 4.69) is 15.5 Å². The lowest BCUT2D eigenvalue weighted by Gasteiger charge is -2.17. The van der Waals surface area contributed by atoms with Gasteiger partial charge in [-0.2, -0.15) is 4.98 Å². The fourth-order valence-electron chi connectivity index (χ4n) is 2.69. The number of urea groups is 1. The number of likely N-dealkylation sites (N-methyl/N-ethyl adjacent to an activating group) is 1. The zero-order valence-corrected chi connectivity index (χ0v) is 16.6. The highest BCUT2D eigenvalue weighted by atomic mass is 19.1. The fraction of sp³-hybridized carbons (Fsp3) is 0.286. The second-order valence-electron chi connectivity index (χ2n) is 6.74. The molecule has 2 amide bonds. The van der Waals surface area contributed by atoms with Crippen LogP contribution in [0.15, 0.2) is 47.0 Å². The molecule has 1 aromatic heterocycles. The van der Waals surface area contributed by atoms with Crippen LogP contribution >= 0.6 is 0 Å². The molecule has 1 N–H and O–H groups in total. The lowest BCUT2D eigenvalue weighted by Crippen LogP contribution is -2.33. The largest absolute Gasteiger partial charge is 0.483 e. The average molecular weight is 398 g/mol. The van der Waals surface area contributed by atoms with Crippen LogP contribution in [0.1, 0.15) is 22.8 Å². The normalized spacial score (nSPS) is 10.6. The molecule has 7 nitrogen and oxygen atoms in total. The highest BCUT2D eigenvalue weighted by Crippen LogP contribution is 2.19. The minimum Gasteiger partial charge on any atom is -0.483 e. The number of benzene rings is 2. The molecule has 0 bridgehead atoms. The first kappa shape index (κ1) is 20.3. The quantitative estimate of drug-likeness (QED) is 0.648. The van der Waals surface area contributed by atoms with Gasteiger partial charge in [0.2, 0.25) is 0 Å². The van der Waals surface area contributed by atoms with Gasteiger partial charge in [-0.15, -0.1) is 0 Å². The number of carbonyl (C=O) groups is 1. The third-order valence-electron chi connectivity index (χ3n) is 4.32. The molecule has 0 saturated heterocycles. The van der Waals surface area contributed by atoms with Crippen LogP contribution in [0.25, 0.3) is 0 Å². The van der Waals surface area contributed by atoms with E-state index in [1.54, 1.807) is 19.2 Å². The van der Waals surface area contributed by atoms with Crippen LogP contribution in [-0.2, 0) is 13.0 Å². The lowest BCUT2D eigenvalue weighted by atomic mass is 10.1. The molecular formula is C21H23FN4O3. The van der Waals surface area contributed by atoms with E-state index in [4.69, 9.17) is 9.26 Å². The zero-order valence-electron chi connectivity index (χ0n) is 16.6. The van der Waals surface area contributed by atoms with Gasteiger partial charge in [0.1, 0.15) is 11.6 Å². The molecule has 1 heterocycles. The first-order valence-corrected chi connectivity index (χ1v) is 9.20. The molecule has 0 aliphatic heterocycles. The van der Waals surface area contributed by atoms with Gasteiger partial charge in [-0.25, -0.2) is 9.18 Å². The van der Waals surface area contributed by atoms with Crippen LogP contribution in [0.3, 0.4) is 0 Å². The Kier molecular flexibility index (Phi) is 6.43. The predicted octanol–water partition coefficient (Wildman–Crippen LogP) is 4.11. The summed E-state index contributed by atoms with van der Waals surface area (Å²) in [5.41, 5.74) is 2.33. The molecule has 3 aromatic rings. The zero-order chi connectivity index (χ0) is 20.8. The van der Waals surface area contributed by atoms with Crippen molar-refractivity contribution in [1.82, 2.24) is 15.0 Å². The van der Waals surface area contributed by atoms with Crippen molar-refractivity contribution in [3.63, 3.8) is 0 Å². The number of hydrogen-bond donors (Lipinski definition) is 1. The van der Waals surface area contributed by atoms with Crippen LogP contribution in [0.4, 0.5) is 14.9 Å². The Balaban J connectivity index is 1.48. The van der Waals surface area contributed by atoms with E-state index < -0.39 is 11.8 Å². The Morgan fingerprint density at radius 3 is 2.79 bits per heavy atom. The second-order valence-corrected chi connectivity index (χ2v) is 6.74. The van der Waals surface area contributed by atoms with E-state index in [-0.39, 0.29) is 12.3 Å². The van der Waals surface area contributed by atoms with Gasteiger partial charge in [-0.05, 0) is 37.6 Å². The third-order valence-corrected chi connectivity index (χ3v) is 4.32. The first-order chi connectivity index (χ1) is 13.9. The number of nitrogens with zero attached hydrogens (tertiary/aromatic N) is 3. The molecule has 0 saturated carbocycles. The number of aromatic nitrogens is 2. The smallest absolute Gasteiger partial charge is 0.321 e. The molecule has 152 valence electrons. The summed E-state index contributed by atoms with van der Waals surface area (Å²) < 4.78 is 24.6. The lowest BCUT2D eigenvalue weighted by molar-refractivity contribution is 0.222. The molecule has 0 radical (unpaired) electrons. The molecular weight excluding hydrogens is 375 g/mol. The van der Waals surface area contributed by atoms with E-state index in [1.165, 1.54) is 17.0 Å². The van der Waals surface area contributed by atoms with Gasteiger partial charge in [0.15, 0.2) is 12.4 Å². The fourth-order valence-corrected chi connectivity index (χ4v) is 2.69. The second kappa shape index (κ2) is 9.18. The van der Waals surface area contributed by atoms with Gasteiger partial charge in [-0.1, -0.05) is 35.0 Å². The SMILES string of the molecule is Cc1ccc(OCc2nc(CCN(C)C(=O)Nc3ccccc3F)no2)c(C)c1. The highest BCUT2D eigenvalue weighted by Gasteiger charge is 2.13. The van der Waals surface area contributed by atoms with Gasteiger partial charge < -0.3 is 19.5 Å². The molecule has 8 heteroatoms. The molecule has 0 unspecified atom stereocenters. The molecule has 0 atom stereocenters. The molecule has 0 aliphatic rings. The van der Waals surface area contributed by atoms with E-state index in [1.807, 2.05) is 32.0 Å². The summed E-state index contributed by atoms with van der Waals surface area (Å²) in [6.07, 6.45) is 0.397. The number of amides is 2. The Labute approximate surface area is 168 Å². The number of aryl methyl sites for hydroxylation is 2. The number of halogens is 1. The number of rotatable bonds is 7. The summed E-state index contributed by atoms with van der Waals surface area (Å²) in [6.45, 7) is 4.51.